The second kappa shape index (κ2) is 8.86. The van der Waals surface area contributed by atoms with Crippen molar-refractivity contribution >= 4 is 23.6 Å². The molecule has 2 aromatic rings. The van der Waals surface area contributed by atoms with Gasteiger partial charge in [0.15, 0.2) is 10.9 Å². The van der Waals surface area contributed by atoms with E-state index in [0.717, 1.165) is 10.5 Å². The SMILES string of the molecule is COC(=O)C(NC(=O)c1ccc(Sc2cc(C(C)(C)C)ccc2C)o1)C(C)C. The minimum atomic E-state index is -0.718. The number of aryl methyl sites for hydroxylation is 1. The second-order valence-electron chi connectivity index (χ2n) is 8.17. The van der Waals surface area contributed by atoms with Crippen LogP contribution in [0.2, 0.25) is 0 Å². The molecule has 0 radical (unpaired) electrons. The van der Waals surface area contributed by atoms with Gasteiger partial charge in [-0.1, -0.05) is 58.5 Å². The molecule has 1 N–H and O–H groups in total. The number of hydrogen-bond acceptors (Lipinski definition) is 5. The number of esters is 1. The summed E-state index contributed by atoms with van der Waals surface area (Å²) in [6, 6.07) is 9.07. The summed E-state index contributed by atoms with van der Waals surface area (Å²) in [5.74, 6) is -0.833. The summed E-state index contributed by atoms with van der Waals surface area (Å²) >= 11 is 1.48. The maximum Gasteiger partial charge on any atom is 0.328 e. The molecule has 152 valence electrons. The van der Waals surface area contributed by atoms with E-state index in [1.165, 1.54) is 24.4 Å². The first-order valence-electron chi connectivity index (χ1n) is 9.30. The van der Waals surface area contributed by atoms with Crippen LogP contribution in [0, 0.1) is 12.8 Å². The average molecular weight is 404 g/mol. The van der Waals surface area contributed by atoms with Crippen molar-refractivity contribution in [1.29, 1.82) is 0 Å². The summed E-state index contributed by atoms with van der Waals surface area (Å²) in [5.41, 5.74) is 2.44. The van der Waals surface area contributed by atoms with Crippen molar-refractivity contribution in [2.75, 3.05) is 7.11 Å². The van der Waals surface area contributed by atoms with E-state index in [2.05, 4.69) is 51.2 Å². The highest BCUT2D eigenvalue weighted by Gasteiger charge is 2.26. The monoisotopic (exact) mass is 403 g/mol. The second-order valence-corrected chi connectivity index (χ2v) is 9.22. The normalized spacial score (nSPS) is 12.7. The van der Waals surface area contributed by atoms with Crippen LogP contribution in [0.1, 0.15) is 56.3 Å². The van der Waals surface area contributed by atoms with E-state index in [1.807, 2.05) is 13.8 Å². The Bertz CT molecular complexity index is 848. The van der Waals surface area contributed by atoms with Crippen LogP contribution in [0.25, 0.3) is 0 Å². The summed E-state index contributed by atoms with van der Waals surface area (Å²) in [4.78, 5) is 25.4. The molecule has 5 nitrogen and oxygen atoms in total. The molecule has 1 atom stereocenters. The lowest BCUT2D eigenvalue weighted by Gasteiger charge is -2.20. The summed E-state index contributed by atoms with van der Waals surface area (Å²) in [5, 5.41) is 3.31. The number of carbonyl (C=O) groups is 2. The number of amides is 1. The van der Waals surface area contributed by atoms with Gasteiger partial charge in [0.2, 0.25) is 0 Å². The van der Waals surface area contributed by atoms with Gasteiger partial charge in [0.25, 0.3) is 5.91 Å². The number of hydrogen-bond donors (Lipinski definition) is 1. The minimum Gasteiger partial charge on any atom is -0.467 e. The maximum absolute atomic E-state index is 12.5. The van der Waals surface area contributed by atoms with Crippen LogP contribution in [0.15, 0.2) is 44.7 Å². The Labute approximate surface area is 171 Å². The van der Waals surface area contributed by atoms with Gasteiger partial charge in [-0.15, -0.1) is 0 Å². The fourth-order valence-electron chi connectivity index (χ4n) is 2.62. The van der Waals surface area contributed by atoms with E-state index >= 15 is 0 Å². The molecule has 1 aromatic heterocycles. The smallest absolute Gasteiger partial charge is 0.328 e. The van der Waals surface area contributed by atoms with Crippen molar-refractivity contribution in [2.24, 2.45) is 5.92 Å². The van der Waals surface area contributed by atoms with Crippen LogP contribution in [0.5, 0.6) is 0 Å². The Morgan fingerprint density at radius 2 is 1.82 bits per heavy atom. The molecule has 0 aliphatic rings. The molecule has 6 heteroatoms. The molecule has 0 aliphatic heterocycles. The van der Waals surface area contributed by atoms with Crippen molar-refractivity contribution in [3.8, 4) is 0 Å². The van der Waals surface area contributed by atoms with Gasteiger partial charge in [0.05, 0.1) is 7.11 Å². The lowest BCUT2D eigenvalue weighted by atomic mass is 9.87. The third-order valence-electron chi connectivity index (χ3n) is 4.48. The van der Waals surface area contributed by atoms with E-state index < -0.39 is 17.9 Å². The van der Waals surface area contributed by atoms with Crippen LogP contribution in [0.3, 0.4) is 0 Å². The number of nitrogens with one attached hydrogen (secondary N) is 1. The Morgan fingerprint density at radius 1 is 1.14 bits per heavy atom. The van der Waals surface area contributed by atoms with Crippen LogP contribution >= 0.6 is 11.8 Å². The lowest BCUT2D eigenvalue weighted by molar-refractivity contribution is -0.144. The third kappa shape index (κ3) is 5.41. The predicted octanol–water partition coefficient (Wildman–Crippen LogP) is 4.96. The van der Waals surface area contributed by atoms with Gasteiger partial charge >= 0.3 is 5.97 Å². The molecule has 28 heavy (non-hydrogen) atoms. The number of ether oxygens (including phenoxy) is 1. The van der Waals surface area contributed by atoms with Gasteiger partial charge in [0.1, 0.15) is 6.04 Å². The Kier molecular flexibility index (Phi) is 6.99. The highest BCUT2D eigenvalue weighted by molar-refractivity contribution is 7.99. The third-order valence-corrected chi connectivity index (χ3v) is 5.56. The van der Waals surface area contributed by atoms with Crippen molar-refractivity contribution in [3.05, 3.63) is 47.2 Å². The Balaban J connectivity index is 2.16. The highest BCUT2D eigenvalue weighted by Crippen LogP contribution is 2.34. The number of furan rings is 1. The van der Waals surface area contributed by atoms with Gasteiger partial charge in [-0.05, 0) is 47.6 Å². The number of benzene rings is 1. The summed E-state index contributed by atoms with van der Waals surface area (Å²) in [6.07, 6.45) is 0. The van der Waals surface area contributed by atoms with Crippen molar-refractivity contribution < 1.29 is 18.7 Å². The Hall–Kier alpha value is -2.21. The van der Waals surface area contributed by atoms with Crippen LogP contribution in [0.4, 0.5) is 0 Å². The number of carbonyl (C=O) groups excluding carboxylic acids is 2. The molecule has 0 fully saturated rings. The highest BCUT2D eigenvalue weighted by atomic mass is 32.2. The van der Waals surface area contributed by atoms with Crippen molar-refractivity contribution in [2.45, 2.75) is 63.0 Å². The lowest BCUT2D eigenvalue weighted by Crippen LogP contribution is -2.44. The molecule has 0 saturated heterocycles. The van der Waals surface area contributed by atoms with Gasteiger partial charge < -0.3 is 14.5 Å². The zero-order valence-corrected chi connectivity index (χ0v) is 18.4. The van der Waals surface area contributed by atoms with Gasteiger partial charge in [-0.2, -0.15) is 0 Å². The number of methoxy groups -OCH3 is 1. The van der Waals surface area contributed by atoms with Gasteiger partial charge in [-0.25, -0.2) is 4.79 Å². The van der Waals surface area contributed by atoms with Crippen LogP contribution in [-0.2, 0) is 14.9 Å². The summed E-state index contributed by atoms with van der Waals surface area (Å²) < 4.78 is 10.5. The first-order chi connectivity index (χ1) is 13.0. The quantitative estimate of drug-likeness (QED) is 0.690. The molecule has 0 saturated carbocycles. The number of rotatable bonds is 6. The zero-order valence-electron chi connectivity index (χ0n) is 17.6. The molecule has 0 bridgehead atoms. The topological polar surface area (TPSA) is 68.5 Å². The summed E-state index contributed by atoms with van der Waals surface area (Å²) in [7, 11) is 1.31. The van der Waals surface area contributed by atoms with Gasteiger partial charge in [0, 0.05) is 4.90 Å². The molecule has 1 amide bonds. The first-order valence-corrected chi connectivity index (χ1v) is 10.1. The van der Waals surface area contributed by atoms with Crippen LogP contribution < -0.4 is 5.32 Å². The van der Waals surface area contributed by atoms with E-state index in [4.69, 9.17) is 9.15 Å². The Morgan fingerprint density at radius 3 is 2.39 bits per heavy atom. The van der Waals surface area contributed by atoms with E-state index in [9.17, 15) is 9.59 Å². The molecular weight excluding hydrogens is 374 g/mol. The molecule has 0 aliphatic carbocycles. The molecule has 1 aromatic carbocycles. The van der Waals surface area contributed by atoms with Crippen molar-refractivity contribution in [1.82, 2.24) is 5.32 Å². The van der Waals surface area contributed by atoms with E-state index in [-0.39, 0.29) is 17.1 Å². The van der Waals surface area contributed by atoms with E-state index in [0.29, 0.717) is 5.09 Å². The van der Waals surface area contributed by atoms with Crippen LogP contribution in [-0.4, -0.2) is 25.0 Å². The average Bonchev–Trinajstić information content (AvgIpc) is 3.08. The molecule has 1 unspecified atom stereocenters. The fourth-order valence-corrected chi connectivity index (χ4v) is 3.52. The maximum atomic E-state index is 12.5. The zero-order chi connectivity index (χ0) is 21.1. The molecular formula is C22H29NO4S. The van der Waals surface area contributed by atoms with E-state index in [1.54, 1.807) is 12.1 Å². The minimum absolute atomic E-state index is 0.0525. The first kappa shape index (κ1) is 22.1. The molecule has 2 rings (SSSR count). The van der Waals surface area contributed by atoms with Crippen molar-refractivity contribution in [3.63, 3.8) is 0 Å². The summed E-state index contributed by atoms with van der Waals surface area (Å²) in [6.45, 7) is 12.3. The molecule has 0 spiro atoms. The fraction of sp³-hybridized carbons (Fsp3) is 0.455. The van der Waals surface area contributed by atoms with Gasteiger partial charge in [-0.3, -0.25) is 4.79 Å². The largest absolute Gasteiger partial charge is 0.467 e. The predicted molar refractivity (Wildman–Crippen MR) is 111 cm³/mol. The molecule has 1 heterocycles. The standard InChI is InChI=1S/C22H29NO4S/c1-13(2)19(21(25)26-7)23-20(24)16-10-11-18(27-16)28-17-12-15(22(4,5)6)9-8-14(17)3/h8-13,19H,1-7H3,(H,23,24).